The van der Waals surface area contributed by atoms with Crippen molar-refractivity contribution in [2.75, 3.05) is 18.0 Å². The van der Waals surface area contributed by atoms with Gasteiger partial charge in [-0.3, -0.25) is 19.6 Å². The van der Waals surface area contributed by atoms with E-state index in [1.807, 2.05) is 54.7 Å². The van der Waals surface area contributed by atoms with E-state index in [0.717, 1.165) is 21.8 Å². The Kier molecular flexibility index (Phi) is 4.67. The number of fused-ring (bicyclic) bond motifs is 2. The molecule has 5 rings (SSSR count). The largest absolute Gasteiger partial charge is 0.354 e. The number of carbonyl (C=O) groups is 2. The van der Waals surface area contributed by atoms with Crippen molar-refractivity contribution in [3.63, 3.8) is 0 Å². The molecule has 30 heavy (non-hydrogen) atoms. The van der Waals surface area contributed by atoms with Crippen LogP contribution >= 0.6 is 11.6 Å². The van der Waals surface area contributed by atoms with Gasteiger partial charge in [0.25, 0.3) is 0 Å². The van der Waals surface area contributed by atoms with Gasteiger partial charge in [0.05, 0.1) is 11.4 Å². The highest BCUT2D eigenvalue weighted by atomic mass is 35.5. The number of carbonyl (C=O) groups excluding carboxylic acids is 2. The molecule has 1 aliphatic rings. The fraction of sp³-hybridized carbons (Fsp3) is 0.227. The van der Waals surface area contributed by atoms with Crippen molar-refractivity contribution < 1.29 is 9.59 Å². The molecule has 1 aliphatic heterocycles. The molecule has 0 bridgehead atoms. The lowest BCUT2D eigenvalue weighted by Gasteiger charge is -2.14. The molecule has 152 valence electrons. The molecule has 8 heteroatoms. The zero-order valence-corrected chi connectivity index (χ0v) is 16.9. The minimum Gasteiger partial charge on any atom is -0.354 e. The average molecular weight is 422 g/mol. The fourth-order valence-corrected chi connectivity index (χ4v) is 4.20. The molecular formula is C22H20ClN5O2. The molecule has 0 aliphatic carbocycles. The molecule has 7 nitrogen and oxygen atoms in total. The second kappa shape index (κ2) is 7.50. The van der Waals surface area contributed by atoms with Crippen LogP contribution in [0.5, 0.6) is 0 Å². The summed E-state index contributed by atoms with van der Waals surface area (Å²) >= 11 is 6.10. The quantitative estimate of drug-likeness (QED) is 0.518. The van der Waals surface area contributed by atoms with Gasteiger partial charge in [-0.05, 0) is 35.7 Å². The van der Waals surface area contributed by atoms with Gasteiger partial charge in [0.2, 0.25) is 11.8 Å². The normalized spacial score (nSPS) is 16.6. The highest BCUT2D eigenvalue weighted by Crippen LogP contribution is 2.29. The van der Waals surface area contributed by atoms with Gasteiger partial charge < -0.3 is 9.88 Å². The molecule has 1 atom stereocenters. The number of halogens is 1. The molecule has 1 fully saturated rings. The summed E-state index contributed by atoms with van der Waals surface area (Å²) in [5.41, 5.74) is 1.90. The number of nitrogens with zero attached hydrogens (tertiary/aromatic N) is 3. The topological polar surface area (TPSA) is 83.0 Å². The summed E-state index contributed by atoms with van der Waals surface area (Å²) in [5.74, 6) is 0.00374. The minimum atomic E-state index is -0.385. The molecule has 2 N–H and O–H groups in total. The first-order chi connectivity index (χ1) is 14.6. The standard InChI is InChI=1S/C22H20ClN5O2/c23-16-6-5-14-7-9-27(19(14)12-16)10-8-24-22(30)15-11-20(29)28(13-15)21-17-3-1-2-4-18(17)25-26-21/h1-7,9,12,15H,8,10-11,13H2,(H,24,30)(H,25,26)/t15-/m0/s1. The number of H-pyrrole nitrogens is 1. The van der Waals surface area contributed by atoms with Crippen LogP contribution < -0.4 is 10.2 Å². The smallest absolute Gasteiger partial charge is 0.229 e. The summed E-state index contributed by atoms with van der Waals surface area (Å²) in [4.78, 5) is 26.8. The van der Waals surface area contributed by atoms with Crippen molar-refractivity contribution in [2.45, 2.75) is 13.0 Å². The third-order valence-electron chi connectivity index (χ3n) is 5.59. The highest BCUT2D eigenvalue weighted by molar-refractivity contribution is 6.31. The molecule has 0 saturated carbocycles. The van der Waals surface area contributed by atoms with E-state index in [4.69, 9.17) is 11.6 Å². The number of anilines is 1. The van der Waals surface area contributed by atoms with Crippen LogP contribution in [0.2, 0.25) is 5.02 Å². The van der Waals surface area contributed by atoms with Crippen LogP contribution in [0.15, 0.2) is 54.7 Å². The summed E-state index contributed by atoms with van der Waals surface area (Å²) in [5, 5.41) is 12.9. The zero-order chi connectivity index (χ0) is 20.7. The highest BCUT2D eigenvalue weighted by Gasteiger charge is 2.36. The lowest BCUT2D eigenvalue weighted by Crippen LogP contribution is -2.34. The van der Waals surface area contributed by atoms with Crippen LogP contribution in [0.3, 0.4) is 0 Å². The third kappa shape index (κ3) is 3.31. The molecule has 0 spiro atoms. The molecule has 0 radical (unpaired) electrons. The molecule has 2 aromatic heterocycles. The predicted octanol–water partition coefficient (Wildman–Crippen LogP) is 3.34. The molecule has 2 amide bonds. The number of benzene rings is 2. The van der Waals surface area contributed by atoms with E-state index < -0.39 is 0 Å². The van der Waals surface area contributed by atoms with Crippen molar-refractivity contribution in [3.05, 3.63) is 59.8 Å². The summed E-state index contributed by atoms with van der Waals surface area (Å²) in [6.07, 6.45) is 2.17. The average Bonchev–Trinajstić information content (AvgIpc) is 3.44. The molecule has 3 heterocycles. The zero-order valence-electron chi connectivity index (χ0n) is 16.1. The van der Waals surface area contributed by atoms with Gasteiger partial charge in [-0.1, -0.05) is 29.8 Å². The second-order valence-electron chi connectivity index (χ2n) is 7.50. The number of para-hydroxylation sites is 1. The van der Waals surface area contributed by atoms with Gasteiger partial charge in [0, 0.05) is 48.2 Å². The monoisotopic (exact) mass is 421 g/mol. The van der Waals surface area contributed by atoms with Crippen molar-refractivity contribution in [1.82, 2.24) is 20.1 Å². The Morgan fingerprint density at radius 2 is 2.10 bits per heavy atom. The first kappa shape index (κ1) is 18.7. The Labute approximate surface area is 177 Å². The van der Waals surface area contributed by atoms with Gasteiger partial charge in [-0.15, -0.1) is 0 Å². The van der Waals surface area contributed by atoms with Gasteiger partial charge in [-0.25, -0.2) is 0 Å². The summed E-state index contributed by atoms with van der Waals surface area (Å²) in [6.45, 7) is 1.44. The number of aromatic amines is 1. The molecule has 0 unspecified atom stereocenters. The van der Waals surface area contributed by atoms with Gasteiger partial charge in [0.1, 0.15) is 0 Å². The maximum atomic E-state index is 12.7. The van der Waals surface area contributed by atoms with Crippen molar-refractivity contribution >= 4 is 51.0 Å². The van der Waals surface area contributed by atoms with E-state index >= 15 is 0 Å². The van der Waals surface area contributed by atoms with Crippen LogP contribution in [-0.4, -0.2) is 39.7 Å². The van der Waals surface area contributed by atoms with Crippen molar-refractivity contribution in [2.24, 2.45) is 5.92 Å². The summed E-state index contributed by atoms with van der Waals surface area (Å²) in [6, 6.07) is 15.4. The minimum absolute atomic E-state index is 0.0848. The van der Waals surface area contributed by atoms with Crippen LogP contribution in [0.1, 0.15) is 6.42 Å². The van der Waals surface area contributed by atoms with E-state index in [1.165, 1.54) is 0 Å². The van der Waals surface area contributed by atoms with E-state index in [2.05, 4.69) is 20.1 Å². The Hall–Kier alpha value is -3.32. The number of rotatable bonds is 5. The van der Waals surface area contributed by atoms with E-state index in [1.54, 1.807) is 4.90 Å². The summed E-state index contributed by atoms with van der Waals surface area (Å²) in [7, 11) is 0. The first-order valence-corrected chi connectivity index (χ1v) is 10.2. The van der Waals surface area contributed by atoms with Crippen molar-refractivity contribution in [3.8, 4) is 0 Å². The Morgan fingerprint density at radius 3 is 3.00 bits per heavy atom. The number of amides is 2. The van der Waals surface area contributed by atoms with Gasteiger partial charge in [0.15, 0.2) is 5.82 Å². The van der Waals surface area contributed by atoms with Gasteiger partial charge in [-0.2, -0.15) is 5.10 Å². The van der Waals surface area contributed by atoms with Crippen LogP contribution in [0, 0.1) is 5.92 Å². The predicted molar refractivity (Wildman–Crippen MR) is 117 cm³/mol. The van der Waals surface area contributed by atoms with Gasteiger partial charge >= 0.3 is 0 Å². The Balaban J connectivity index is 1.23. The maximum Gasteiger partial charge on any atom is 0.229 e. The van der Waals surface area contributed by atoms with E-state index in [-0.39, 0.29) is 24.2 Å². The van der Waals surface area contributed by atoms with Crippen LogP contribution in [-0.2, 0) is 16.1 Å². The third-order valence-corrected chi connectivity index (χ3v) is 5.82. The van der Waals surface area contributed by atoms with E-state index in [9.17, 15) is 9.59 Å². The van der Waals surface area contributed by atoms with Crippen LogP contribution in [0.4, 0.5) is 5.82 Å². The number of aromatic nitrogens is 3. The Morgan fingerprint density at radius 1 is 1.23 bits per heavy atom. The van der Waals surface area contributed by atoms with E-state index in [0.29, 0.717) is 30.5 Å². The molecular weight excluding hydrogens is 402 g/mol. The molecule has 4 aromatic rings. The molecule has 1 saturated heterocycles. The number of nitrogens with one attached hydrogen (secondary N) is 2. The fourth-order valence-electron chi connectivity index (χ4n) is 4.04. The number of hydrogen-bond acceptors (Lipinski definition) is 3. The lowest BCUT2D eigenvalue weighted by atomic mass is 10.1. The summed E-state index contributed by atoms with van der Waals surface area (Å²) < 4.78 is 2.06. The van der Waals surface area contributed by atoms with Crippen LogP contribution in [0.25, 0.3) is 21.8 Å². The number of hydrogen-bond donors (Lipinski definition) is 2. The lowest BCUT2D eigenvalue weighted by molar-refractivity contribution is -0.126. The molecule has 2 aromatic carbocycles. The SMILES string of the molecule is O=C(NCCn1ccc2ccc(Cl)cc21)[C@H]1CC(=O)N(c2n[nH]c3ccccc23)C1. The first-order valence-electron chi connectivity index (χ1n) is 9.86. The Bertz CT molecular complexity index is 1260. The maximum absolute atomic E-state index is 12.7. The second-order valence-corrected chi connectivity index (χ2v) is 7.94. The van der Waals surface area contributed by atoms with Crippen molar-refractivity contribution in [1.29, 1.82) is 0 Å².